The number of amides is 2. The van der Waals surface area contributed by atoms with Gasteiger partial charge in [-0.05, 0) is 19.8 Å². The van der Waals surface area contributed by atoms with Crippen molar-refractivity contribution in [1.29, 1.82) is 0 Å². The average molecular weight is 242 g/mol. The summed E-state index contributed by atoms with van der Waals surface area (Å²) in [5.74, 6) is -0.344. The van der Waals surface area contributed by atoms with Crippen molar-refractivity contribution in [2.75, 3.05) is 20.6 Å². The first-order chi connectivity index (χ1) is 7.89. The minimum Gasteiger partial charge on any atom is -0.384 e. The Bertz CT molecular complexity index is 294. The van der Waals surface area contributed by atoms with Gasteiger partial charge in [-0.1, -0.05) is 12.8 Å². The molecule has 0 aromatic heterocycles. The summed E-state index contributed by atoms with van der Waals surface area (Å²) in [6.45, 7) is 1.75. The molecule has 0 spiro atoms. The van der Waals surface area contributed by atoms with Gasteiger partial charge in [0, 0.05) is 20.6 Å². The van der Waals surface area contributed by atoms with Crippen LogP contribution in [0.25, 0.3) is 0 Å². The van der Waals surface area contributed by atoms with Gasteiger partial charge < -0.3 is 15.3 Å². The zero-order valence-corrected chi connectivity index (χ0v) is 10.8. The molecule has 0 aliphatic heterocycles. The SMILES string of the molecule is CC(O)C(=O)NCC1(C(=O)N(C)C)CCCC1. The second kappa shape index (κ2) is 5.49. The van der Waals surface area contributed by atoms with Crippen LogP contribution in [0.4, 0.5) is 0 Å². The second-order valence-corrected chi connectivity index (χ2v) is 5.08. The molecule has 0 heterocycles. The Morgan fingerprint density at radius 3 is 2.29 bits per heavy atom. The molecule has 0 aromatic carbocycles. The molecule has 98 valence electrons. The summed E-state index contributed by atoms with van der Waals surface area (Å²) in [4.78, 5) is 25.1. The van der Waals surface area contributed by atoms with E-state index in [1.807, 2.05) is 0 Å². The van der Waals surface area contributed by atoms with Crippen molar-refractivity contribution in [3.63, 3.8) is 0 Å². The van der Waals surface area contributed by atoms with Gasteiger partial charge >= 0.3 is 0 Å². The predicted octanol–water partition coefficient (Wildman–Crippen LogP) is 0.132. The number of carbonyl (C=O) groups is 2. The molecule has 0 saturated heterocycles. The van der Waals surface area contributed by atoms with Crippen LogP contribution in [0.5, 0.6) is 0 Å². The molecule has 17 heavy (non-hydrogen) atoms. The lowest BCUT2D eigenvalue weighted by Crippen LogP contribution is -2.48. The van der Waals surface area contributed by atoms with Crippen LogP contribution in [0, 0.1) is 5.41 Å². The highest BCUT2D eigenvalue weighted by Crippen LogP contribution is 2.38. The lowest BCUT2D eigenvalue weighted by Gasteiger charge is -2.31. The standard InChI is InChI=1S/C12H22N2O3/c1-9(15)10(16)13-8-12(6-4-5-7-12)11(17)14(2)3/h9,15H,4-8H2,1-3H3,(H,13,16). The van der Waals surface area contributed by atoms with E-state index in [1.54, 1.807) is 19.0 Å². The first-order valence-corrected chi connectivity index (χ1v) is 6.06. The fourth-order valence-electron chi connectivity index (χ4n) is 2.40. The largest absolute Gasteiger partial charge is 0.384 e. The molecule has 1 fully saturated rings. The molecule has 0 radical (unpaired) electrons. The maximum Gasteiger partial charge on any atom is 0.248 e. The third-order valence-electron chi connectivity index (χ3n) is 3.40. The van der Waals surface area contributed by atoms with Gasteiger partial charge in [-0.3, -0.25) is 9.59 Å². The van der Waals surface area contributed by atoms with E-state index in [0.29, 0.717) is 6.54 Å². The van der Waals surface area contributed by atoms with Crippen molar-refractivity contribution < 1.29 is 14.7 Å². The lowest BCUT2D eigenvalue weighted by atomic mass is 9.84. The molecule has 1 unspecified atom stereocenters. The molecule has 0 aromatic rings. The van der Waals surface area contributed by atoms with Crippen molar-refractivity contribution in [2.24, 2.45) is 5.41 Å². The van der Waals surface area contributed by atoms with Gasteiger partial charge in [0.05, 0.1) is 5.41 Å². The molecule has 1 saturated carbocycles. The highest BCUT2D eigenvalue weighted by atomic mass is 16.3. The van der Waals surface area contributed by atoms with E-state index in [1.165, 1.54) is 6.92 Å². The fraction of sp³-hybridized carbons (Fsp3) is 0.833. The summed E-state index contributed by atoms with van der Waals surface area (Å²) in [5, 5.41) is 11.8. The Morgan fingerprint density at radius 1 is 1.35 bits per heavy atom. The van der Waals surface area contributed by atoms with Crippen LogP contribution in [0.15, 0.2) is 0 Å². The smallest absolute Gasteiger partial charge is 0.248 e. The van der Waals surface area contributed by atoms with E-state index in [9.17, 15) is 9.59 Å². The van der Waals surface area contributed by atoms with Gasteiger partial charge in [-0.25, -0.2) is 0 Å². The van der Waals surface area contributed by atoms with E-state index in [-0.39, 0.29) is 5.91 Å². The van der Waals surface area contributed by atoms with Crippen molar-refractivity contribution in [2.45, 2.75) is 38.7 Å². The van der Waals surface area contributed by atoms with Crippen LogP contribution in [0.2, 0.25) is 0 Å². The van der Waals surface area contributed by atoms with Gasteiger partial charge in [0.1, 0.15) is 6.10 Å². The van der Waals surface area contributed by atoms with Crippen molar-refractivity contribution in [1.82, 2.24) is 10.2 Å². The average Bonchev–Trinajstić information content (AvgIpc) is 2.74. The zero-order valence-electron chi connectivity index (χ0n) is 10.8. The van der Waals surface area contributed by atoms with Gasteiger partial charge in [0.15, 0.2) is 0 Å². The molecule has 1 atom stereocenters. The van der Waals surface area contributed by atoms with Crippen LogP contribution < -0.4 is 5.32 Å². The summed E-state index contributed by atoms with van der Waals surface area (Å²) in [7, 11) is 3.47. The summed E-state index contributed by atoms with van der Waals surface area (Å²) in [5.41, 5.74) is -0.464. The minimum atomic E-state index is -1.03. The molecular weight excluding hydrogens is 220 g/mol. The highest BCUT2D eigenvalue weighted by molar-refractivity contribution is 5.85. The van der Waals surface area contributed by atoms with Crippen LogP contribution in [0.1, 0.15) is 32.6 Å². The van der Waals surface area contributed by atoms with E-state index in [2.05, 4.69) is 5.32 Å². The molecular formula is C12H22N2O3. The number of rotatable bonds is 4. The van der Waals surface area contributed by atoms with Crippen LogP contribution >= 0.6 is 0 Å². The molecule has 1 aliphatic rings. The van der Waals surface area contributed by atoms with Gasteiger partial charge in [0.25, 0.3) is 0 Å². The van der Waals surface area contributed by atoms with E-state index in [4.69, 9.17) is 5.11 Å². The number of carbonyl (C=O) groups excluding carboxylic acids is 2. The van der Waals surface area contributed by atoms with Gasteiger partial charge in [0.2, 0.25) is 11.8 Å². The third-order valence-corrected chi connectivity index (χ3v) is 3.40. The van der Waals surface area contributed by atoms with Gasteiger partial charge in [-0.2, -0.15) is 0 Å². The van der Waals surface area contributed by atoms with Crippen LogP contribution in [-0.4, -0.2) is 48.6 Å². The lowest BCUT2D eigenvalue weighted by molar-refractivity contribution is -0.140. The molecule has 5 heteroatoms. The third kappa shape index (κ3) is 3.19. The minimum absolute atomic E-state index is 0.0703. The number of aliphatic hydroxyl groups excluding tert-OH is 1. The van der Waals surface area contributed by atoms with Crippen molar-refractivity contribution >= 4 is 11.8 Å². The van der Waals surface area contributed by atoms with E-state index >= 15 is 0 Å². The molecule has 1 rings (SSSR count). The van der Waals surface area contributed by atoms with E-state index < -0.39 is 17.4 Å². The Kier molecular flexibility index (Phi) is 4.51. The molecule has 5 nitrogen and oxygen atoms in total. The number of hydrogen-bond donors (Lipinski definition) is 2. The van der Waals surface area contributed by atoms with Gasteiger partial charge in [-0.15, -0.1) is 0 Å². The first kappa shape index (κ1) is 14.0. The first-order valence-electron chi connectivity index (χ1n) is 6.06. The van der Waals surface area contributed by atoms with Crippen molar-refractivity contribution in [3.8, 4) is 0 Å². The molecule has 0 bridgehead atoms. The predicted molar refractivity (Wildman–Crippen MR) is 64.3 cm³/mol. The number of aliphatic hydroxyl groups is 1. The number of hydrogen-bond acceptors (Lipinski definition) is 3. The summed E-state index contributed by atoms with van der Waals surface area (Å²) in [6, 6.07) is 0. The maximum atomic E-state index is 12.2. The number of nitrogens with one attached hydrogen (secondary N) is 1. The highest BCUT2D eigenvalue weighted by Gasteiger charge is 2.42. The van der Waals surface area contributed by atoms with Crippen LogP contribution in [-0.2, 0) is 9.59 Å². The topological polar surface area (TPSA) is 69.6 Å². The normalized spacial score (nSPS) is 19.8. The Hall–Kier alpha value is -1.10. The monoisotopic (exact) mass is 242 g/mol. The molecule has 1 aliphatic carbocycles. The summed E-state index contributed by atoms with van der Waals surface area (Å²) < 4.78 is 0. The molecule has 2 N–H and O–H groups in total. The van der Waals surface area contributed by atoms with Crippen molar-refractivity contribution in [3.05, 3.63) is 0 Å². The Labute approximate surface area is 102 Å². The summed E-state index contributed by atoms with van der Waals surface area (Å²) >= 11 is 0. The fourth-order valence-corrected chi connectivity index (χ4v) is 2.40. The Balaban J connectivity index is 2.66. The maximum absolute atomic E-state index is 12.2. The molecule has 2 amide bonds. The zero-order chi connectivity index (χ0) is 13.1. The summed E-state index contributed by atoms with van der Waals surface area (Å²) in [6.07, 6.45) is 2.63. The van der Waals surface area contributed by atoms with E-state index in [0.717, 1.165) is 25.7 Å². The number of nitrogens with zero attached hydrogens (tertiary/aromatic N) is 1. The second-order valence-electron chi connectivity index (χ2n) is 5.08. The quantitative estimate of drug-likeness (QED) is 0.736. The Morgan fingerprint density at radius 2 is 1.88 bits per heavy atom. The van der Waals surface area contributed by atoms with Crippen LogP contribution in [0.3, 0.4) is 0 Å².